The number of carbonyl (C=O) groups is 1. The van der Waals surface area contributed by atoms with Gasteiger partial charge in [-0.2, -0.15) is 0 Å². The molecule has 1 fully saturated rings. The predicted molar refractivity (Wildman–Crippen MR) is 65.5 cm³/mol. The van der Waals surface area contributed by atoms with E-state index in [1.807, 2.05) is 6.07 Å². The molecule has 1 aliphatic carbocycles. The molecule has 0 bridgehead atoms. The Bertz CT molecular complexity index is 391. The molecule has 0 atom stereocenters. The second-order valence-corrected chi connectivity index (χ2v) is 4.15. The third kappa shape index (κ3) is 2.35. The fraction of sp³-hybridized carbons (Fsp3) is 0.462. The van der Waals surface area contributed by atoms with Crippen LogP contribution in [0.15, 0.2) is 18.2 Å². The number of amides is 1. The van der Waals surface area contributed by atoms with Crippen LogP contribution in [0, 0.1) is 5.92 Å². The third-order valence-electron chi connectivity index (χ3n) is 3.15. The molecule has 17 heavy (non-hydrogen) atoms. The molecule has 1 N–H and O–H groups in total. The van der Waals surface area contributed by atoms with Crippen molar-refractivity contribution in [1.29, 1.82) is 0 Å². The molecule has 1 aromatic rings. The van der Waals surface area contributed by atoms with Crippen LogP contribution >= 0.6 is 0 Å². The first-order valence-corrected chi connectivity index (χ1v) is 5.78. The lowest BCUT2D eigenvalue weighted by molar-refractivity contribution is -0.122. The highest BCUT2D eigenvalue weighted by molar-refractivity contribution is 5.96. The molecule has 2 rings (SSSR count). The highest BCUT2D eigenvalue weighted by Gasteiger charge is 2.26. The molecule has 4 heteroatoms. The second-order valence-electron chi connectivity index (χ2n) is 4.15. The fourth-order valence-electron chi connectivity index (χ4n) is 1.87. The van der Waals surface area contributed by atoms with Crippen LogP contribution in [0.4, 0.5) is 5.69 Å². The summed E-state index contributed by atoms with van der Waals surface area (Å²) in [5.41, 5.74) is 0.620. The van der Waals surface area contributed by atoms with E-state index in [1.165, 1.54) is 0 Å². The molecule has 1 aromatic carbocycles. The minimum absolute atomic E-state index is 0.0547. The van der Waals surface area contributed by atoms with Gasteiger partial charge in [-0.1, -0.05) is 12.5 Å². The summed E-state index contributed by atoms with van der Waals surface area (Å²) in [6, 6.07) is 5.44. The molecular formula is C13H17NO3. The van der Waals surface area contributed by atoms with Gasteiger partial charge < -0.3 is 14.8 Å². The monoisotopic (exact) mass is 235 g/mol. The van der Waals surface area contributed by atoms with Gasteiger partial charge >= 0.3 is 0 Å². The van der Waals surface area contributed by atoms with Crippen LogP contribution in [0.5, 0.6) is 11.5 Å². The van der Waals surface area contributed by atoms with Crippen LogP contribution in [-0.4, -0.2) is 20.1 Å². The number of hydrogen-bond acceptors (Lipinski definition) is 3. The molecule has 0 unspecified atom stereocenters. The molecule has 0 aromatic heterocycles. The van der Waals surface area contributed by atoms with E-state index in [1.54, 1.807) is 26.4 Å². The first-order valence-electron chi connectivity index (χ1n) is 5.78. The summed E-state index contributed by atoms with van der Waals surface area (Å²) < 4.78 is 10.5. The van der Waals surface area contributed by atoms with Crippen LogP contribution in [0.2, 0.25) is 0 Å². The summed E-state index contributed by atoms with van der Waals surface area (Å²) >= 11 is 0. The van der Waals surface area contributed by atoms with Crippen molar-refractivity contribution < 1.29 is 14.3 Å². The topological polar surface area (TPSA) is 47.6 Å². The largest absolute Gasteiger partial charge is 0.494 e. The van der Waals surface area contributed by atoms with Crippen LogP contribution in [0.1, 0.15) is 19.3 Å². The minimum Gasteiger partial charge on any atom is -0.494 e. The van der Waals surface area contributed by atoms with E-state index in [-0.39, 0.29) is 11.8 Å². The number of carbonyl (C=O) groups excluding carboxylic acids is 1. The van der Waals surface area contributed by atoms with Gasteiger partial charge in [0.05, 0.1) is 14.2 Å². The third-order valence-corrected chi connectivity index (χ3v) is 3.15. The lowest BCUT2D eigenvalue weighted by atomic mass is 9.85. The van der Waals surface area contributed by atoms with E-state index in [4.69, 9.17) is 9.47 Å². The number of ether oxygens (including phenoxy) is 2. The highest BCUT2D eigenvalue weighted by atomic mass is 16.5. The number of nitrogens with one attached hydrogen (secondary N) is 1. The quantitative estimate of drug-likeness (QED) is 0.872. The number of hydrogen-bond donors (Lipinski definition) is 1. The molecule has 0 radical (unpaired) electrons. The van der Waals surface area contributed by atoms with Gasteiger partial charge in [-0.25, -0.2) is 0 Å². The Balaban J connectivity index is 2.20. The lowest BCUT2D eigenvalue weighted by Gasteiger charge is -2.25. The summed E-state index contributed by atoms with van der Waals surface area (Å²) in [5, 5.41) is 2.89. The predicted octanol–water partition coefficient (Wildman–Crippen LogP) is 2.44. The van der Waals surface area contributed by atoms with E-state index in [0.29, 0.717) is 17.2 Å². The molecule has 0 aliphatic heterocycles. The number of methoxy groups -OCH3 is 2. The van der Waals surface area contributed by atoms with Gasteiger partial charge in [0.15, 0.2) is 0 Å². The average Bonchev–Trinajstić information content (AvgIpc) is 2.26. The molecule has 0 heterocycles. The maximum Gasteiger partial charge on any atom is 0.227 e. The number of anilines is 1. The first kappa shape index (κ1) is 11.8. The average molecular weight is 235 g/mol. The van der Waals surface area contributed by atoms with Gasteiger partial charge in [0.25, 0.3) is 0 Å². The number of rotatable bonds is 4. The molecule has 92 valence electrons. The Morgan fingerprint density at radius 2 is 1.82 bits per heavy atom. The van der Waals surface area contributed by atoms with Gasteiger partial charge in [-0.15, -0.1) is 0 Å². The van der Waals surface area contributed by atoms with Crippen molar-refractivity contribution in [2.75, 3.05) is 19.5 Å². The van der Waals surface area contributed by atoms with Crippen molar-refractivity contribution in [3.63, 3.8) is 0 Å². The van der Waals surface area contributed by atoms with E-state index in [0.717, 1.165) is 19.3 Å². The maximum atomic E-state index is 11.9. The zero-order valence-corrected chi connectivity index (χ0v) is 10.2. The second kappa shape index (κ2) is 5.08. The van der Waals surface area contributed by atoms with Gasteiger partial charge in [0, 0.05) is 5.92 Å². The maximum absolute atomic E-state index is 11.9. The van der Waals surface area contributed by atoms with Crippen LogP contribution < -0.4 is 14.8 Å². The smallest absolute Gasteiger partial charge is 0.227 e. The molecule has 0 spiro atoms. The summed E-state index contributed by atoms with van der Waals surface area (Å²) in [6.07, 6.45) is 3.09. The van der Waals surface area contributed by atoms with E-state index < -0.39 is 0 Å². The van der Waals surface area contributed by atoms with Crippen molar-refractivity contribution in [3.8, 4) is 11.5 Å². The Hall–Kier alpha value is -1.71. The van der Waals surface area contributed by atoms with Gasteiger partial charge in [0.1, 0.15) is 17.2 Å². The van der Waals surface area contributed by atoms with Crippen molar-refractivity contribution >= 4 is 11.6 Å². The first-order chi connectivity index (χ1) is 8.26. The Morgan fingerprint density at radius 3 is 2.24 bits per heavy atom. The van der Waals surface area contributed by atoms with Gasteiger partial charge in [-0.3, -0.25) is 4.79 Å². The van der Waals surface area contributed by atoms with Crippen molar-refractivity contribution in [2.45, 2.75) is 19.3 Å². The Morgan fingerprint density at radius 1 is 1.24 bits per heavy atom. The normalized spacial score (nSPS) is 14.9. The number of para-hydroxylation sites is 1. The van der Waals surface area contributed by atoms with E-state index >= 15 is 0 Å². The highest BCUT2D eigenvalue weighted by Crippen LogP contribution is 2.36. The van der Waals surface area contributed by atoms with Crippen molar-refractivity contribution in [3.05, 3.63) is 18.2 Å². The molecule has 1 saturated carbocycles. The van der Waals surface area contributed by atoms with Crippen LogP contribution in [-0.2, 0) is 4.79 Å². The summed E-state index contributed by atoms with van der Waals surface area (Å²) in [5.74, 6) is 1.44. The van der Waals surface area contributed by atoms with Crippen molar-refractivity contribution in [1.82, 2.24) is 0 Å². The standard InChI is InChI=1S/C13H17NO3/c1-16-10-7-4-8-11(17-2)12(10)14-13(15)9-5-3-6-9/h4,7-9H,3,5-6H2,1-2H3,(H,14,15). The Labute approximate surface area is 101 Å². The molecule has 0 saturated heterocycles. The fourth-order valence-corrected chi connectivity index (χ4v) is 1.87. The van der Waals surface area contributed by atoms with Gasteiger partial charge in [-0.05, 0) is 25.0 Å². The zero-order valence-electron chi connectivity index (χ0n) is 10.2. The Kier molecular flexibility index (Phi) is 3.52. The SMILES string of the molecule is COc1cccc(OC)c1NC(=O)C1CCC1. The van der Waals surface area contributed by atoms with Gasteiger partial charge in [0.2, 0.25) is 5.91 Å². The number of benzene rings is 1. The van der Waals surface area contributed by atoms with Crippen molar-refractivity contribution in [2.24, 2.45) is 5.92 Å². The summed E-state index contributed by atoms with van der Waals surface area (Å²) in [7, 11) is 3.15. The molecule has 4 nitrogen and oxygen atoms in total. The van der Waals surface area contributed by atoms with Crippen LogP contribution in [0.25, 0.3) is 0 Å². The van der Waals surface area contributed by atoms with Crippen LogP contribution in [0.3, 0.4) is 0 Å². The molecule has 1 amide bonds. The lowest BCUT2D eigenvalue weighted by Crippen LogP contribution is -2.28. The van der Waals surface area contributed by atoms with E-state index in [9.17, 15) is 4.79 Å². The minimum atomic E-state index is 0.0547. The van der Waals surface area contributed by atoms with E-state index in [2.05, 4.69) is 5.32 Å². The molecular weight excluding hydrogens is 218 g/mol. The zero-order chi connectivity index (χ0) is 12.3. The summed E-state index contributed by atoms with van der Waals surface area (Å²) in [6.45, 7) is 0. The summed E-state index contributed by atoms with van der Waals surface area (Å²) in [4.78, 5) is 11.9. The molecule has 1 aliphatic rings.